The number of amides is 1. The van der Waals surface area contributed by atoms with Crippen molar-refractivity contribution in [2.45, 2.75) is 13.5 Å². The van der Waals surface area contributed by atoms with Crippen molar-refractivity contribution in [3.8, 4) is 17.0 Å². The zero-order chi connectivity index (χ0) is 20.4. The minimum atomic E-state index is -0.453. The number of aromatic nitrogens is 2. The monoisotopic (exact) mass is 385 g/mol. The van der Waals surface area contributed by atoms with Crippen LogP contribution in [0.4, 0.5) is 5.69 Å². The molecule has 0 aliphatic rings. The predicted octanol–water partition coefficient (Wildman–Crippen LogP) is 3.72. The van der Waals surface area contributed by atoms with Crippen molar-refractivity contribution in [1.29, 1.82) is 0 Å². The highest BCUT2D eigenvalue weighted by Crippen LogP contribution is 2.25. The van der Waals surface area contributed by atoms with E-state index in [4.69, 9.17) is 0 Å². The number of carbonyl (C=O) groups excluding carboxylic acids is 1. The molecule has 0 atom stereocenters. The van der Waals surface area contributed by atoms with Gasteiger partial charge in [0.2, 0.25) is 5.91 Å². The fraction of sp³-hybridized carbons (Fsp3) is 0.0870. The summed E-state index contributed by atoms with van der Waals surface area (Å²) < 4.78 is 1.16. The van der Waals surface area contributed by atoms with Crippen molar-refractivity contribution in [2.75, 3.05) is 5.32 Å². The number of aromatic hydroxyl groups is 1. The van der Waals surface area contributed by atoms with Crippen molar-refractivity contribution >= 4 is 22.4 Å². The summed E-state index contributed by atoms with van der Waals surface area (Å²) in [5.74, 6) is -0.494. The van der Waals surface area contributed by atoms with Crippen LogP contribution in [0.1, 0.15) is 5.56 Å². The summed E-state index contributed by atoms with van der Waals surface area (Å²) in [5, 5.41) is 18.2. The number of fused-ring (bicyclic) bond motifs is 1. The van der Waals surface area contributed by atoms with Crippen LogP contribution in [0, 0.1) is 6.92 Å². The Kier molecular flexibility index (Phi) is 4.83. The molecule has 0 aliphatic heterocycles. The Labute approximate surface area is 167 Å². The van der Waals surface area contributed by atoms with Gasteiger partial charge in [-0.3, -0.25) is 9.59 Å². The van der Waals surface area contributed by atoms with Gasteiger partial charge in [-0.2, -0.15) is 5.10 Å². The maximum Gasteiger partial charge on any atom is 0.275 e. The van der Waals surface area contributed by atoms with E-state index in [9.17, 15) is 14.7 Å². The summed E-state index contributed by atoms with van der Waals surface area (Å²) >= 11 is 0. The number of nitrogens with zero attached hydrogens (tertiary/aromatic N) is 2. The van der Waals surface area contributed by atoms with Gasteiger partial charge in [0, 0.05) is 10.9 Å². The Balaban J connectivity index is 1.75. The normalized spacial score (nSPS) is 10.8. The van der Waals surface area contributed by atoms with Gasteiger partial charge in [0.15, 0.2) is 0 Å². The molecule has 1 heterocycles. The molecule has 0 saturated carbocycles. The minimum Gasteiger partial charge on any atom is -0.506 e. The number of carbonyl (C=O) groups is 1. The number of para-hydroxylation sites is 2. The first-order valence-corrected chi connectivity index (χ1v) is 9.17. The fourth-order valence-corrected chi connectivity index (χ4v) is 3.17. The zero-order valence-electron chi connectivity index (χ0n) is 15.8. The first-order chi connectivity index (χ1) is 14.0. The highest BCUT2D eigenvalue weighted by molar-refractivity contribution is 5.95. The lowest BCUT2D eigenvalue weighted by atomic mass is 10.0. The van der Waals surface area contributed by atoms with Crippen LogP contribution >= 0.6 is 0 Å². The third-order valence-electron chi connectivity index (χ3n) is 4.66. The molecule has 2 N–H and O–H groups in total. The number of hydrogen-bond donors (Lipinski definition) is 2. The van der Waals surface area contributed by atoms with E-state index in [0.29, 0.717) is 11.1 Å². The third kappa shape index (κ3) is 3.73. The number of phenolic OH excluding ortho intramolecular Hbond substituents is 1. The van der Waals surface area contributed by atoms with Gasteiger partial charge in [-0.1, -0.05) is 60.2 Å². The molecular formula is C23H19N3O3. The van der Waals surface area contributed by atoms with Crippen LogP contribution in [0.5, 0.6) is 5.75 Å². The Morgan fingerprint density at radius 1 is 0.966 bits per heavy atom. The van der Waals surface area contributed by atoms with E-state index in [1.807, 2.05) is 43.3 Å². The summed E-state index contributed by atoms with van der Waals surface area (Å²) in [6, 6.07) is 21.5. The third-order valence-corrected chi connectivity index (χ3v) is 4.66. The molecule has 0 spiro atoms. The van der Waals surface area contributed by atoms with Gasteiger partial charge in [0.05, 0.1) is 16.8 Å². The molecule has 29 heavy (non-hydrogen) atoms. The van der Waals surface area contributed by atoms with E-state index in [0.717, 1.165) is 21.2 Å². The zero-order valence-corrected chi connectivity index (χ0v) is 15.8. The first kappa shape index (κ1) is 18.4. The second-order valence-electron chi connectivity index (χ2n) is 6.79. The second kappa shape index (κ2) is 7.59. The molecule has 0 bridgehead atoms. The van der Waals surface area contributed by atoms with E-state index in [-0.39, 0.29) is 23.5 Å². The molecule has 1 aromatic heterocycles. The highest BCUT2D eigenvalue weighted by Gasteiger charge is 2.15. The topological polar surface area (TPSA) is 84.2 Å². The molecule has 0 aliphatic carbocycles. The quantitative estimate of drug-likeness (QED) is 0.525. The summed E-state index contributed by atoms with van der Waals surface area (Å²) in [7, 11) is 0. The average Bonchev–Trinajstić information content (AvgIpc) is 2.73. The van der Waals surface area contributed by atoms with E-state index >= 15 is 0 Å². The van der Waals surface area contributed by atoms with Gasteiger partial charge >= 0.3 is 0 Å². The van der Waals surface area contributed by atoms with Crippen LogP contribution in [0.2, 0.25) is 0 Å². The highest BCUT2D eigenvalue weighted by atomic mass is 16.3. The van der Waals surface area contributed by atoms with Crippen LogP contribution in [0.25, 0.3) is 22.0 Å². The van der Waals surface area contributed by atoms with Gasteiger partial charge in [0.25, 0.3) is 5.56 Å². The van der Waals surface area contributed by atoms with Gasteiger partial charge in [-0.05, 0) is 25.1 Å². The standard InChI is InChI=1S/C23H19N3O3/c1-15-10-12-16(13-11-15)22-17-6-2-3-7-18(17)23(29)26(25-22)14-21(28)24-19-8-4-5-9-20(19)27/h2-13,27H,14H2,1H3,(H,24,28). The van der Waals surface area contributed by atoms with Crippen molar-refractivity contribution in [3.63, 3.8) is 0 Å². The van der Waals surface area contributed by atoms with Crippen LogP contribution in [0.15, 0.2) is 77.6 Å². The van der Waals surface area contributed by atoms with Crippen molar-refractivity contribution in [3.05, 3.63) is 88.7 Å². The first-order valence-electron chi connectivity index (χ1n) is 9.17. The molecule has 0 saturated heterocycles. The number of nitrogens with one attached hydrogen (secondary N) is 1. The molecule has 144 valence electrons. The smallest absolute Gasteiger partial charge is 0.275 e. The van der Waals surface area contributed by atoms with Crippen LogP contribution in [-0.2, 0) is 11.3 Å². The Morgan fingerprint density at radius 3 is 2.34 bits per heavy atom. The molecule has 4 aromatic rings. The second-order valence-corrected chi connectivity index (χ2v) is 6.79. The number of anilines is 1. The molecule has 3 aromatic carbocycles. The van der Waals surface area contributed by atoms with Gasteiger partial charge < -0.3 is 10.4 Å². The fourth-order valence-electron chi connectivity index (χ4n) is 3.17. The van der Waals surface area contributed by atoms with E-state index < -0.39 is 5.91 Å². The summed E-state index contributed by atoms with van der Waals surface area (Å²) in [6.07, 6.45) is 0. The number of hydrogen-bond acceptors (Lipinski definition) is 4. The number of aryl methyl sites for hydroxylation is 1. The molecule has 4 rings (SSSR count). The lowest BCUT2D eigenvalue weighted by molar-refractivity contribution is -0.117. The summed E-state index contributed by atoms with van der Waals surface area (Å²) in [5.41, 5.74) is 2.56. The van der Waals surface area contributed by atoms with E-state index in [1.54, 1.807) is 30.3 Å². The maximum atomic E-state index is 12.9. The van der Waals surface area contributed by atoms with Gasteiger partial charge in [-0.25, -0.2) is 4.68 Å². The molecule has 1 amide bonds. The maximum absolute atomic E-state index is 12.9. The van der Waals surface area contributed by atoms with Crippen LogP contribution < -0.4 is 10.9 Å². The van der Waals surface area contributed by atoms with Crippen LogP contribution in [-0.4, -0.2) is 20.8 Å². The molecule has 0 unspecified atom stereocenters. The largest absolute Gasteiger partial charge is 0.506 e. The van der Waals surface area contributed by atoms with Crippen molar-refractivity contribution in [1.82, 2.24) is 9.78 Å². The molecule has 0 radical (unpaired) electrons. The predicted molar refractivity (Wildman–Crippen MR) is 113 cm³/mol. The Bertz CT molecular complexity index is 1260. The minimum absolute atomic E-state index is 0.0417. The van der Waals surface area contributed by atoms with Crippen molar-refractivity contribution < 1.29 is 9.90 Å². The van der Waals surface area contributed by atoms with E-state index in [1.165, 1.54) is 6.07 Å². The molecule has 6 nitrogen and oxygen atoms in total. The van der Waals surface area contributed by atoms with Crippen molar-refractivity contribution in [2.24, 2.45) is 0 Å². The molecule has 6 heteroatoms. The van der Waals surface area contributed by atoms with Gasteiger partial charge in [-0.15, -0.1) is 0 Å². The lowest BCUT2D eigenvalue weighted by Crippen LogP contribution is -2.30. The van der Waals surface area contributed by atoms with Crippen LogP contribution in [0.3, 0.4) is 0 Å². The SMILES string of the molecule is Cc1ccc(-c2nn(CC(=O)Nc3ccccc3O)c(=O)c3ccccc23)cc1. The van der Waals surface area contributed by atoms with Gasteiger partial charge in [0.1, 0.15) is 12.3 Å². The average molecular weight is 385 g/mol. The number of rotatable bonds is 4. The summed E-state index contributed by atoms with van der Waals surface area (Å²) in [6.45, 7) is 1.73. The Hall–Kier alpha value is -3.93. The Morgan fingerprint density at radius 2 is 1.62 bits per heavy atom. The molecule has 0 fully saturated rings. The lowest BCUT2D eigenvalue weighted by Gasteiger charge is -2.12. The molecular weight excluding hydrogens is 366 g/mol. The summed E-state index contributed by atoms with van der Waals surface area (Å²) in [4.78, 5) is 25.4. The van der Waals surface area contributed by atoms with E-state index in [2.05, 4.69) is 10.4 Å². The number of benzene rings is 3. The number of phenols is 1.